The molecule has 0 radical (unpaired) electrons. The number of nitrogens with zero attached hydrogens (tertiary/aromatic N) is 6. The summed E-state index contributed by atoms with van der Waals surface area (Å²) in [6.45, 7) is 3.19. The number of nitrogen functional groups attached to an aromatic ring is 1. The van der Waals surface area contributed by atoms with Gasteiger partial charge in [0.1, 0.15) is 18.2 Å². The van der Waals surface area contributed by atoms with Crippen LogP contribution in [0, 0.1) is 11.7 Å². The molecule has 0 amide bonds. The average molecular weight is 431 g/mol. The molecule has 1 aliphatic carbocycles. The number of nitrogens with two attached hydrogens (primary N) is 1. The monoisotopic (exact) mass is 431 g/mol. The van der Waals surface area contributed by atoms with Gasteiger partial charge in [-0.25, -0.2) is 19.0 Å². The van der Waals surface area contributed by atoms with E-state index in [1.165, 1.54) is 31.3 Å². The molecule has 6 rings (SSSR count). The van der Waals surface area contributed by atoms with E-state index < -0.39 is 6.10 Å². The van der Waals surface area contributed by atoms with E-state index in [2.05, 4.69) is 20.2 Å². The second-order valence-corrected chi connectivity index (χ2v) is 8.48. The molecule has 1 aromatic carbocycles. The third-order valence-electron chi connectivity index (χ3n) is 6.13. The first-order chi connectivity index (χ1) is 15.6. The molecule has 8 nitrogen and oxygen atoms in total. The summed E-state index contributed by atoms with van der Waals surface area (Å²) in [6.07, 6.45) is 7.10. The van der Waals surface area contributed by atoms with Gasteiger partial charge in [-0.05, 0) is 49.9 Å². The van der Waals surface area contributed by atoms with Crippen molar-refractivity contribution in [3.8, 4) is 28.4 Å². The Kier molecular flexibility index (Phi) is 4.24. The predicted molar refractivity (Wildman–Crippen MR) is 116 cm³/mol. The Morgan fingerprint density at radius 1 is 1.16 bits per heavy atom. The van der Waals surface area contributed by atoms with E-state index in [0.29, 0.717) is 29.6 Å². The highest BCUT2D eigenvalue weighted by Gasteiger charge is 2.27. The second kappa shape index (κ2) is 7.15. The van der Waals surface area contributed by atoms with Crippen molar-refractivity contribution in [2.24, 2.45) is 5.92 Å². The molecule has 4 heterocycles. The molecule has 3 aromatic heterocycles. The highest BCUT2D eigenvalue weighted by atomic mass is 19.1. The van der Waals surface area contributed by atoms with E-state index in [4.69, 9.17) is 10.5 Å². The third kappa shape index (κ3) is 3.21. The van der Waals surface area contributed by atoms with Crippen LogP contribution in [0.5, 0.6) is 5.75 Å². The second-order valence-electron chi connectivity index (χ2n) is 8.48. The molecule has 1 atom stereocenters. The zero-order valence-electron chi connectivity index (χ0n) is 17.6. The Labute approximate surface area is 183 Å². The molecule has 2 aliphatic rings. The predicted octanol–water partition coefficient (Wildman–Crippen LogP) is 3.84. The van der Waals surface area contributed by atoms with Gasteiger partial charge in [-0.2, -0.15) is 10.2 Å². The van der Waals surface area contributed by atoms with Crippen molar-refractivity contribution >= 4 is 5.82 Å². The van der Waals surface area contributed by atoms with Crippen molar-refractivity contribution in [2.75, 3.05) is 5.73 Å². The summed E-state index contributed by atoms with van der Waals surface area (Å²) in [5, 5.41) is 9.13. The SMILES string of the molecule is CC1Oc2cc(cnc2N)-c2c(cnn2CC2CC2)Cn2ncnc2-c2ccc(F)cc21. The molecule has 1 aliphatic heterocycles. The Morgan fingerprint density at radius 2 is 2.03 bits per heavy atom. The first-order valence-corrected chi connectivity index (χ1v) is 10.7. The fourth-order valence-electron chi connectivity index (χ4n) is 4.31. The molecular weight excluding hydrogens is 409 g/mol. The third-order valence-corrected chi connectivity index (χ3v) is 6.13. The number of aromatic nitrogens is 6. The van der Waals surface area contributed by atoms with Crippen molar-refractivity contribution in [3.63, 3.8) is 0 Å². The standard InChI is InChI=1S/C23H22FN7O/c1-13-19-7-17(24)4-5-18(19)23-27-12-29-31(23)11-16-9-28-30(10-14-2-3-14)21(16)15-6-20(32-13)22(25)26-8-15/h4-9,12-14H,2-3,10-11H2,1H3,(H2,25,26). The molecule has 162 valence electrons. The molecular formula is C23H22FN7O. The molecule has 1 fully saturated rings. The van der Waals surface area contributed by atoms with Crippen molar-refractivity contribution in [1.82, 2.24) is 29.5 Å². The number of benzene rings is 1. The maximum atomic E-state index is 14.2. The molecule has 0 saturated heterocycles. The van der Waals surface area contributed by atoms with Crippen LogP contribution < -0.4 is 10.5 Å². The van der Waals surface area contributed by atoms with E-state index in [9.17, 15) is 4.39 Å². The molecule has 1 unspecified atom stereocenters. The summed E-state index contributed by atoms with van der Waals surface area (Å²) < 4.78 is 24.3. The number of halogens is 1. The first-order valence-electron chi connectivity index (χ1n) is 10.7. The van der Waals surface area contributed by atoms with Gasteiger partial charge in [-0.1, -0.05) is 0 Å². The van der Waals surface area contributed by atoms with Crippen molar-refractivity contribution in [2.45, 2.75) is 39.0 Å². The normalized spacial score (nSPS) is 17.4. The van der Waals surface area contributed by atoms with E-state index >= 15 is 0 Å². The smallest absolute Gasteiger partial charge is 0.166 e. The summed E-state index contributed by atoms with van der Waals surface area (Å²) in [7, 11) is 0. The number of fused-ring (bicyclic) bond motifs is 7. The Balaban J connectivity index is 1.58. The summed E-state index contributed by atoms with van der Waals surface area (Å²) in [6, 6.07) is 6.50. The van der Waals surface area contributed by atoms with Gasteiger partial charge in [-0.3, -0.25) is 4.68 Å². The molecule has 1 saturated carbocycles. The van der Waals surface area contributed by atoms with Crippen molar-refractivity contribution in [3.05, 3.63) is 59.9 Å². The largest absolute Gasteiger partial charge is 0.482 e. The van der Waals surface area contributed by atoms with Crippen LogP contribution in [0.4, 0.5) is 10.2 Å². The van der Waals surface area contributed by atoms with Crippen molar-refractivity contribution in [1.29, 1.82) is 0 Å². The minimum Gasteiger partial charge on any atom is -0.482 e. The number of ether oxygens (including phenoxy) is 1. The summed E-state index contributed by atoms with van der Waals surface area (Å²) >= 11 is 0. The van der Waals surface area contributed by atoms with Gasteiger partial charge >= 0.3 is 0 Å². The van der Waals surface area contributed by atoms with Crippen LogP contribution in [0.2, 0.25) is 0 Å². The van der Waals surface area contributed by atoms with E-state index in [-0.39, 0.29) is 11.6 Å². The quantitative estimate of drug-likeness (QED) is 0.518. The lowest BCUT2D eigenvalue weighted by atomic mass is 10.0. The zero-order chi connectivity index (χ0) is 21.8. The Hall–Kier alpha value is -3.75. The Morgan fingerprint density at radius 3 is 2.88 bits per heavy atom. The van der Waals surface area contributed by atoms with E-state index in [1.807, 2.05) is 28.6 Å². The van der Waals surface area contributed by atoms with Crippen LogP contribution in [0.25, 0.3) is 22.6 Å². The van der Waals surface area contributed by atoms with Crippen LogP contribution in [-0.4, -0.2) is 29.5 Å². The zero-order valence-corrected chi connectivity index (χ0v) is 17.6. The number of hydrogen-bond donors (Lipinski definition) is 1. The van der Waals surface area contributed by atoms with Crippen LogP contribution in [-0.2, 0) is 13.1 Å². The number of pyridine rings is 1. The van der Waals surface area contributed by atoms with Crippen LogP contribution in [0.3, 0.4) is 0 Å². The van der Waals surface area contributed by atoms with Gasteiger partial charge in [-0.15, -0.1) is 0 Å². The summed E-state index contributed by atoms with van der Waals surface area (Å²) in [5.74, 6) is 1.69. The average Bonchev–Trinajstić information content (AvgIpc) is 3.33. The fourth-order valence-corrected chi connectivity index (χ4v) is 4.31. The van der Waals surface area contributed by atoms with Gasteiger partial charge in [0.25, 0.3) is 0 Å². The lowest BCUT2D eigenvalue weighted by Gasteiger charge is -2.21. The lowest BCUT2D eigenvalue weighted by molar-refractivity contribution is 0.227. The minimum atomic E-state index is -0.486. The molecule has 0 spiro atoms. The fraction of sp³-hybridized carbons (Fsp3) is 0.304. The number of anilines is 1. The van der Waals surface area contributed by atoms with Gasteiger partial charge in [0, 0.05) is 35.0 Å². The lowest BCUT2D eigenvalue weighted by Crippen LogP contribution is -2.12. The maximum absolute atomic E-state index is 14.2. The molecule has 4 aromatic rings. The maximum Gasteiger partial charge on any atom is 0.166 e. The molecule has 32 heavy (non-hydrogen) atoms. The van der Waals surface area contributed by atoms with Crippen molar-refractivity contribution < 1.29 is 9.13 Å². The van der Waals surface area contributed by atoms with Gasteiger partial charge in [0.2, 0.25) is 0 Å². The molecule has 9 heteroatoms. The number of rotatable bonds is 2. The van der Waals surface area contributed by atoms with Gasteiger partial charge in [0.05, 0.1) is 18.4 Å². The number of hydrogen-bond acceptors (Lipinski definition) is 6. The summed E-state index contributed by atoms with van der Waals surface area (Å²) in [4.78, 5) is 8.87. The Bertz CT molecular complexity index is 1320. The van der Waals surface area contributed by atoms with Gasteiger partial charge < -0.3 is 10.5 Å². The van der Waals surface area contributed by atoms with Crippen LogP contribution in [0.1, 0.15) is 37.0 Å². The molecule has 2 bridgehead atoms. The highest BCUT2D eigenvalue weighted by molar-refractivity contribution is 5.68. The van der Waals surface area contributed by atoms with Crippen LogP contribution >= 0.6 is 0 Å². The van der Waals surface area contributed by atoms with Gasteiger partial charge in [0.15, 0.2) is 17.4 Å². The van der Waals surface area contributed by atoms with E-state index in [0.717, 1.165) is 28.9 Å². The van der Waals surface area contributed by atoms with E-state index in [1.54, 1.807) is 12.3 Å². The highest BCUT2D eigenvalue weighted by Crippen LogP contribution is 2.38. The first kappa shape index (κ1) is 19.0. The van der Waals surface area contributed by atoms with Crippen LogP contribution in [0.15, 0.2) is 43.0 Å². The summed E-state index contributed by atoms with van der Waals surface area (Å²) in [5.41, 5.74) is 10.4. The minimum absolute atomic E-state index is 0.286. The topological polar surface area (TPSA) is 96.7 Å². The molecule has 2 N–H and O–H groups in total.